The first-order valence-corrected chi connectivity index (χ1v) is 4.09. The summed E-state index contributed by atoms with van der Waals surface area (Å²) in [4.78, 5) is 21.6. The summed E-state index contributed by atoms with van der Waals surface area (Å²) in [6.45, 7) is 5.57. The smallest absolute Gasteiger partial charge is 0.243 e. The van der Waals surface area contributed by atoms with E-state index in [0.29, 0.717) is 0 Å². The SMILES string of the molecule is CC(C)(C)NC(=O)CCC(=O)NO. The van der Waals surface area contributed by atoms with Gasteiger partial charge in [0.05, 0.1) is 0 Å². The van der Waals surface area contributed by atoms with E-state index in [1.807, 2.05) is 20.8 Å². The first-order chi connectivity index (χ1) is 5.85. The molecule has 2 amide bonds. The summed E-state index contributed by atoms with van der Waals surface area (Å²) in [5, 5.41) is 10.8. The summed E-state index contributed by atoms with van der Waals surface area (Å²) in [6.07, 6.45) is 0.0854. The number of hydrogen-bond donors (Lipinski definition) is 3. The quantitative estimate of drug-likeness (QED) is 0.437. The predicted molar refractivity (Wildman–Crippen MR) is 47.1 cm³/mol. The summed E-state index contributed by atoms with van der Waals surface area (Å²) in [5.74, 6) is -0.750. The van der Waals surface area contributed by atoms with E-state index in [1.54, 1.807) is 0 Å². The van der Waals surface area contributed by atoms with Crippen LogP contribution in [0.2, 0.25) is 0 Å². The second kappa shape index (κ2) is 4.81. The first kappa shape index (κ1) is 11.9. The monoisotopic (exact) mass is 188 g/mol. The lowest BCUT2D eigenvalue weighted by atomic mass is 10.1. The molecule has 5 heteroatoms. The lowest BCUT2D eigenvalue weighted by Crippen LogP contribution is -2.40. The minimum atomic E-state index is -0.552. The zero-order chi connectivity index (χ0) is 10.5. The van der Waals surface area contributed by atoms with Crippen molar-refractivity contribution in [3.05, 3.63) is 0 Å². The number of amides is 2. The molecule has 0 rings (SSSR count). The Morgan fingerprint density at radius 1 is 1.15 bits per heavy atom. The highest BCUT2D eigenvalue weighted by atomic mass is 16.5. The van der Waals surface area contributed by atoms with E-state index in [1.165, 1.54) is 5.48 Å². The van der Waals surface area contributed by atoms with Gasteiger partial charge in [0.25, 0.3) is 0 Å². The maximum absolute atomic E-state index is 11.1. The average molecular weight is 188 g/mol. The third-order valence-corrected chi connectivity index (χ3v) is 1.22. The van der Waals surface area contributed by atoms with Crippen LogP contribution in [0.4, 0.5) is 0 Å². The summed E-state index contributed by atoms with van der Waals surface area (Å²) in [5.41, 5.74) is 1.18. The number of hydroxylamine groups is 1. The molecule has 0 unspecified atom stereocenters. The number of carbonyl (C=O) groups is 2. The Labute approximate surface area is 77.5 Å². The number of rotatable bonds is 3. The van der Waals surface area contributed by atoms with Gasteiger partial charge in [0.2, 0.25) is 11.8 Å². The van der Waals surface area contributed by atoms with Gasteiger partial charge < -0.3 is 5.32 Å². The molecule has 0 radical (unpaired) electrons. The van der Waals surface area contributed by atoms with Gasteiger partial charge in [-0.15, -0.1) is 0 Å². The van der Waals surface area contributed by atoms with E-state index >= 15 is 0 Å². The molecule has 3 N–H and O–H groups in total. The number of hydrogen-bond acceptors (Lipinski definition) is 3. The van der Waals surface area contributed by atoms with E-state index < -0.39 is 5.91 Å². The molecule has 0 aromatic carbocycles. The molecular weight excluding hydrogens is 172 g/mol. The van der Waals surface area contributed by atoms with Crippen LogP contribution in [-0.2, 0) is 9.59 Å². The van der Waals surface area contributed by atoms with Gasteiger partial charge in [0.1, 0.15) is 0 Å². The Bertz CT molecular complexity index is 196. The van der Waals surface area contributed by atoms with Crippen LogP contribution in [0.1, 0.15) is 33.6 Å². The number of carbonyl (C=O) groups excluding carboxylic acids is 2. The highest BCUT2D eigenvalue weighted by Gasteiger charge is 2.14. The summed E-state index contributed by atoms with van der Waals surface area (Å²) < 4.78 is 0. The van der Waals surface area contributed by atoms with Crippen molar-refractivity contribution in [3.63, 3.8) is 0 Å². The van der Waals surface area contributed by atoms with E-state index in [-0.39, 0.29) is 24.3 Å². The second-order valence-electron chi connectivity index (χ2n) is 3.83. The molecule has 0 heterocycles. The fourth-order valence-electron chi connectivity index (χ4n) is 0.764. The molecule has 76 valence electrons. The van der Waals surface area contributed by atoms with Crippen LogP contribution in [0.5, 0.6) is 0 Å². The minimum absolute atomic E-state index is 0.00157. The van der Waals surface area contributed by atoms with E-state index in [0.717, 1.165) is 0 Å². The van der Waals surface area contributed by atoms with Crippen molar-refractivity contribution in [2.45, 2.75) is 39.2 Å². The molecule has 0 atom stereocenters. The molecule has 0 saturated carbocycles. The van der Waals surface area contributed by atoms with Crippen molar-refractivity contribution in [2.24, 2.45) is 0 Å². The normalized spacial score (nSPS) is 10.8. The van der Waals surface area contributed by atoms with Gasteiger partial charge in [-0.25, -0.2) is 5.48 Å². The lowest BCUT2D eigenvalue weighted by molar-refractivity contribution is -0.132. The zero-order valence-electron chi connectivity index (χ0n) is 8.18. The second-order valence-corrected chi connectivity index (χ2v) is 3.83. The average Bonchev–Trinajstić information content (AvgIpc) is 1.97. The first-order valence-electron chi connectivity index (χ1n) is 4.09. The van der Waals surface area contributed by atoms with Gasteiger partial charge in [-0.1, -0.05) is 0 Å². The molecule has 0 aliphatic carbocycles. The van der Waals surface area contributed by atoms with Crippen LogP contribution in [-0.4, -0.2) is 22.6 Å². The molecule has 5 nitrogen and oxygen atoms in total. The third-order valence-electron chi connectivity index (χ3n) is 1.22. The van der Waals surface area contributed by atoms with Crippen molar-refractivity contribution >= 4 is 11.8 Å². The van der Waals surface area contributed by atoms with Gasteiger partial charge in [0, 0.05) is 18.4 Å². The van der Waals surface area contributed by atoms with Crippen LogP contribution >= 0.6 is 0 Å². The highest BCUT2D eigenvalue weighted by molar-refractivity contribution is 5.83. The Hall–Kier alpha value is -1.10. The predicted octanol–water partition coefficient (Wildman–Crippen LogP) is 0.187. The van der Waals surface area contributed by atoms with Crippen LogP contribution < -0.4 is 10.8 Å². The fraction of sp³-hybridized carbons (Fsp3) is 0.750. The minimum Gasteiger partial charge on any atom is -0.351 e. The molecule has 0 aliphatic rings. The lowest BCUT2D eigenvalue weighted by Gasteiger charge is -2.20. The molecule has 0 fully saturated rings. The van der Waals surface area contributed by atoms with Gasteiger partial charge in [-0.2, -0.15) is 0 Å². The van der Waals surface area contributed by atoms with Crippen molar-refractivity contribution in [1.29, 1.82) is 0 Å². The van der Waals surface area contributed by atoms with Crippen molar-refractivity contribution in [3.8, 4) is 0 Å². The topological polar surface area (TPSA) is 78.4 Å². The Balaban J connectivity index is 3.71. The largest absolute Gasteiger partial charge is 0.351 e. The maximum Gasteiger partial charge on any atom is 0.243 e. The maximum atomic E-state index is 11.1. The van der Waals surface area contributed by atoms with E-state index in [9.17, 15) is 9.59 Å². The van der Waals surface area contributed by atoms with E-state index in [2.05, 4.69) is 5.32 Å². The molecular formula is C8H16N2O3. The van der Waals surface area contributed by atoms with Gasteiger partial charge >= 0.3 is 0 Å². The highest BCUT2D eigenvalue weighted by Crippen LogP contribution is 2.00. The van der Waals surface area contributed by atoms with Crippen molar-refractivity contribution in [1.82, 2.24) is 10.8 Å². The van der Waals surface area contributed by atoms with Crippen molar-refractivity contribution < 1.29 is 14.8 Å². The summed E-state index contributed by atoms with van der Waals surface area (Å²) >= 11 is 0. The number of nitrogens with one attached hydrogen (secondary N) is 2. The molecule has 0 aliphatic heterocycles. The summed E-state index contributed by atoms with van der Waals surface area (Å²) in [7, 11) is 0. The fourth-order valence-corrected chi connectivity index (χ4v) is 0.764. The summed E-state index contributed by atoms with van der Waals surface area (Å²) in [6, 6.07) is 0. The standard InChI is InChI=1S/C8H16N2O3/c1-8(2,3)9-6(11)4-5-7(12)10-13/h13H,4-5H2,1-3H3,(H,9,11)(H,10,12). The molecule has 0 spiro atoms. The van der Waals surface area contributed by atoms with Gasteiger partial charge in [0.15, 0.2) is 0 Å². The van der Waals surface area contributed by atoms with Gasteiger partial charge in [-0.05, 0) is 20.8 Å². The zero-order valence-corrected chi connectivity index (χ0v) is 8.18. The molecule has 0 saturated heterocycles. The Morgan fingerprint density at radius 2 is 1.62 bits per heavy atom. The van der Waals surface area contributed by atoms with Gasteiger partial charge in [-0.3, -0.25) is 14.8 Å². The third kappa shape index (κ3) is 7.27. The molecule has 0 bridgehead atoms. The van der Waals surface area contributed by atoms with Crippen LogP contribution in [0.25, 0.3) is 0 Å². The van der Waals surface area contributed by atoms with Crippen molar-refractivity contribution in [2.75, 3.05) is 0 Å². The van der Waals surface area contributed by atoms with E-state index in [4.69, 9.17) is 5.21 Å². The molecule has 0 aromatic rings. The molecule has 0 aromatic heterocycles. The van der Waals surface area contributed by atoms with Crippen LogP contribution in [0.15, 0.2) is 0 Å². The Morgan fingerprint density at radius 3 is 2.00 bits per heavy atom. The molecule has 13 heavy (non-hydrogen) atoms. The Kier molecular flexibility index (Phi) is 4.40. The van der Waals surface area contributed by atoms with Crippen LogP contribution in [0, 0.1) is 0 Å². The van der Waals surface area contributed by atoms with Crippen LogP contribution in [0.3, 0.4) is 0 Å².